The van der Waals surface area contributed by atoms with Gasteiger partial charge in [-0.2, -0.15) is 0 Å². The van der Waals surface area contributed by atoms with Crippen molar-refractivity contribution in [1.82, 2.24) is 5.32 Å². The van der Waals surface area contributed by atoms with E-state index in [-0.39, 0.29) is 16.8 Å². The van der Waals surface area contributed by atoms with Gasteiger partial charge in [-0.3, -0.25) is 4.79 Å². The fourth-order valence-electron chi connectivity index (χ4n) is 1.07. The Hall–Kier alpha value is -0.900. The molecule has 0 saturated carbocycles. The number of hydrogen-bond donors (Lipinski definition) is 1. The first-order chi connectivity index (χ1) is 5.41. The number of rotatable bonds is 4. The molecular formula is C9H19FN2O. The van der Waals surface area contributed by atoms with Crippen molar-refractivity contribution in [3.8, 4) is 0 Å². The van der Waals surface area contributed by atoms with E-state index < -0.39 is 0 Å². The lowest BCUT2D eigenvalue weighted by atomic mass is 10.3. The predicted octanol–water partition coefficient (Wildman–Crippen LogP) is -2.27. The average molecular weight is 190 g/mol. The SMILES string of the molecule is C=CC(=O)NC(CC)[N+](C)(C)C.[F-]. The molecule has 0 fully saturated rings. The number of amides is 1. The Morgan fingerprint density at radius 3 is 2.23 bits per heavy atom. The molecule has 0 bridgehead atoms. The fraction of sp³-hybridized carbons (Fsp3) is 0.667. The third-order valence-corrected chi connectivity index (χ3v) is 1.82. The summed E-state index contributed by atoms with van der Waals surface area (Å²) in [7, 11) is 6.16. The van der Waals surface area contributed by atoms with Gasteiger partial charge in [-0.1, -0.05) is 13.5 Å². The molecule has 0 heterocycles. The fourth-order valence-corrected chi connectivity index (χ4v) is 1.07. The first-order valence-corrected chi connectivity index (χ1v) is 4.15. The molecule has 1 amide bonds. The minimum atomic E-state index is -0.102. The Labute approximate surface area is 79.4 Å². The molecule has 0 saturated heterocycles. The van der Waals surface area contributed by atoms with Crippen molar-refractivity contribution in [3.63, 3.8) is 0 Å². The van der Waals surface area contributed by atoms with E-state index in [9.17, 15) is 4.79 Å². The molecule has 3 nitrogen and oxygen atoms in total. The zero-order valence-electron chi connectivity index (χ0n) is 8.80. The minimum absolute atomic E-state index is 0. The maximum absolute atomic E-state index is 11.0. The Balaban J connectivity index is 0. The first kappa shape index (κ1) is 14.6. The van der Waals surface area contributed by atoms with Crippen LogP contribution in [0.4, 0.5) is 0 Å². The van der Waals surface area contributed by atoms with Gasteiger partial charge in [-0.25, -0.2) is 0 Å². The molecule has 78 valence electrons. The molecule has 13 heavy (non-hydrogen) atoms. The van der Waals surface area contributed by atoms with Crippen molar-refractivity contribution in [2.75, 3.05) is 21.1 Å². The van der Waals surface area contributed by atoms with Crippen LogP contribution in [0.3, 0.4) is 0 Å². The summed E-state index contributed by atoms with van der Waals surface area (Å²) >= 11 is 0. The number of carbonyl (C=O) groups excluding carboxylic acids is 1. The quantitative estimate of drug-likeness (QED) is 0.302. The van der Waals surface area contributed by atoms with Gasteiger partial charge >= 0.3 is 0 Å². The normalized spacial score (nSPS) is 12.6. The van der Waals surface area contributed by atoms with Gasteiger partial charge in [0, 0.05) is 6.42 Å². The van der Waals surface area contributed by atoms with Crippen LogP contribution in [-0.4, -0.2) is 37.7 Å². The number of nitrogens with zero attached hydrogens (tertiary/aromatic N) is 1. The molecule has 0 aromatic rings. The molecule has 0 aliphatic rings. The van der Waals surface area contributed by atoms with Crippen molar-refractivity contribution in [2.45, 2.75) is 19.5 Å². The average Bonchev–Trinajstić information content (AvgIpc) is 1.97. The maximum atomic E-state index is 11.0. The van der Waals surface area contributed by atoms with E-state index in [1.165, 1.54) is 6.08 Å². The Morgan fingerprint density at radius 2 is 2.00 bits per heavy atom. The van der Waals surface area contributed by atoms with Crippen LogP contribution in [0.15, 0.2) is 12.7 Å². The van der Waals surface area contributed by atoms with Crippen molar-refractivity contribution >= 4 is 5.91 Å². The van der Waals surface area contributed by atoms with Crippen LogP contribution in [0.25, 0.3) is 0 Å². The maximum Gasteiger partial charge on any atom is 0.247 e. The highest BCUT2D eigenvalue weighted by Crippen LogP contribution is 2.03. The van der Waals surface area contributed by atoms with Crippen molar-refractivity contribution in [3.05, 3.63) is 12.7 Å². The summed E-state index contributed by atoms with van der Waals surface area (Å²) < 4.78 is 0.732. The zero-order chi connectivity index (χ0) is 9.78. The molecule has 0 spiro atoms. The van der Waals surface area contributed by atoms with Gasteiger partial charge in [0.05, 0.1) is 21.1 Å². The van der Waals surface area contributed by atoms with Gasteiger partial charge in [0.25, 0.3) is 0 Å². The summed E-state index contributed by atoms with van der Waals surface area (Å²) in [5.74, 6) is -0.102. The topological polar surface area (TPSA) is 29.1 Å². The third kappa shape index (κ3) is 5.36. The van der Waals surface area contributed by atoms with E-state index in [0.29, 0.717) is 0 Å². The van der Waals surface area contributed by atoms with Crippen molar-refractivity contribution < 1.29 is 14.0 Å². The van der Waals surface area contributed by atoms with Crippen LogP contribution >= 0.6 is 0 Å². The summed E-state index contributed by atoms with van der Waals surface area (Å²) in [6, 6.07) is 0. The van der Waals surface area contributed by atoms with E-state index in [1.807, 2.05) is 0 Å². The van der Waals surface area contributed by atoms with Gasteiger partial charge in [0.2, 0.25) is 5.91 Å². The van der Waals surface area contributed by atoms with Crippen LogP contribution in [0.5, 0.6) is 0 Å². The Bertz CT molecular complexity index is 175. The molecular weight excluding hydrogens is 171 g/mol. The van der Waals surface area contributed by atoms with E-state index in [1.54, 1.807) is 0 Å². The lowest BCUT2D eigenvalue weighted by Crippen LogP contribution is -3.00. The number of hydrogen-bond acceptors (Lipinski definition) is 1. The third-order valence-electron chi connectivity index (χ3n) is 1.82. The molecule has 1 atom stereocenters. The van der Waals surface area contributed by atoms with E-state index in [0.717, 1.165) is 10.9 Å². The van der Waals surface area contributed by atoms with Crippen LogP contribution in [0, 0.1) is 0 Å². The summed E-state index contributed by atoms with van der Waals surface area (Å²) in [5.41, 5.74) is 0. The number of quaternary nitrogens is 1. The van der Waals surface area contributed by atoms with Crippen molar-refractivity contribution in [1.29, 1.82) is 0 Å². The minimum Gasteiger partial charge on any atom is -1.00 e. The lowest BCUT2D eigenvalue weighted by molar-refractivity contribution is -0.898. The van der Waals surface area contributed by atoms with Gasteiger partial charge in [-0.05, 0) is 6.08 Å². The molecule has 0 aliphatic carbocycles. The van der Waals surface area contributed by atoms with Crippen molar-refractivity contribution in [2.24, 2.45) is 0 Å². The molecule has 1 unspecified atom stereocenters. The summed E-state index contributed by atoms with van der Waals surface area (Å²) in [4.78, 5) is 11.0. The number of nitrogens with one attached hydrogen (secondary N) is 1. The van der Waals surface area contributed by atoms with Gasteiger partial charge < -0.3 is 14.5 Å². The van der Waals surface area contributed by atoms with Crippen LogP contribution in [0.2, 0.25) is 0 Å². The monoisotopic (exact) mass is 190 g/mol. The van der Waals surface area contributed by atoms with E-state index in [4.69, 9.17) is 0 Å². The first-order valence-electron chi connectivity index (χ1n) is 4.15. The van der Waals surface area contributed by atoms with Crippen LogP contribution < -0.4 is 10.0 Å². The molecule has 4 heteroatoms. The van der Waals surface area contributed by atoms with Crippen LogP contribution in [-0.2, 0) is 4.79 Å². The van der Waals surface area contributed by atoms with Crippen LogP contribution in [0.1, 0.15) is 13.3 Å². The Morgan fingerprint density at radius 1 is 1.54 bits per heavy atom. The van der Waals surface area contributed by atoms with E-state index >= 15 is 0 Å². The molecule has 0 aliphatic heterocycles. The summed E-state index contributed by atoms with van der Waals surface area (Å²) in [5, 5.41) is 2.87. The largest absolute Gasteiger partial charge is 1.00 e. The Kier molecular flexibility index (Phi) is 6.40. The standard InChI is InChI=1S/C9H18N2O.FH/c1-6-8(11(3,4)5)10-9(12)7-2;/h7-8H,2,6H2,1,3-5H3;1H. The highest BCUT2D eigenvalue weighted by atomic mass is 19.0. The molecule has 0 aromatic carbocycles. The number of halogens is 1. The second-order valence-corrected chi connectivity index (χ2v) is 3.75. The smallest absolute Gasteiger partial charge is 0.247 e. The van der Waals surface area contributed by atoms with Gasteiger partial charge in [0.1, 0.15) is 0 Å². The van der Waals surface area contributed by atoms with E-state index in [2.05, 4.69) is 40.0 Å². The summed E-state index contributed by atoms with van der Waals surface area (Å²) in [6.07, 6.45) is 2.39. The molecule has 0 rings (SSSR count). The second-order valence-electron chi connectivity index (χ2n) is 3.75. The van der Waals surface area contributed by atoms with Gasteiger partial charge in [0.15, 0.2) is 6.17 Å². The molecule has 0 radical (unpaired) electrons. The lowest BCUT2D eigenvalue weighted by Gasteiger charge is -2.33. The number of carbonyl (C=O) groups is 1. The predicted molar refractivity (Wildman–Crippen MR) is 50.5 cm³/mol. The second kappa shape index (κ2) is 5.70. The highest BCUT2D eigenvalue weighted by molar-refractivity contribution is 5.86. The molecule has 1 N–H and O–H groups in total. The molecule has 0 aromatic heterocycles. The zero-order valence-corrected chi connectivity index (χ0v) is 8.80. The highest BCUT2D eigenvalue weighted by Gasteiger charge is 2.22. The van der Waals surface area contributed by atoms with Gasteiger partial charge in [-0.15, -0.1) is 0 Å². The summed E-state index contributed by atoms with van der Waals surface area (Å²) in [6.45, 7) is 5.46.